The maximum atomic E-state index is 12.1. The maximum absolute atomic E-state index is 12.1. The van der Waals surface area contributed by atoms with E-state index in [4.69, 9.17) is 5.73 Å². The smallest absolute Gasteiger partial charge is 0.252 e. The number of hydrogen-bond acceptors (Lipinski definition) is 3. The van der Waals surface area contributed by atoms with Crippen molar-refractivity contribution in [1.29, 1.82) is 0 Å². The number of hydrogen-bond donors (Lipinski definition) is 3. The molecule has 2 amide bonds. The molecule has 0 radical (unpaired) electrons. The lowest BCUT2D eigenvalue weighted by Gasteiger charge is -2.20. The third-order valence-electron chi connectivity index (χ3n) is 2.58. The Labute approximate surface area is 127 Å². The van der Waals surface area contributed by atoms with E-state index in [1.807, 2.05) is 20.8 Å². The number of nitrogens with one attached hydrogen (secondary N) is 2. The fraction of sp³-hybridized carbons (Fsp3) is 0.429. The Bertz CT molecular complexity index is 536. The van der Waals surface area contributed by atoms with E-state index in [0.29, 0.717) is 16.8 Å². The highest BCUT2D eigenvalue weighted by molar-refractivity contribution is 9.10. The van der Waals surface area contributed by atoms with Crippen molar-refractivity contribution >= 4 is 33.4 Å². The number of nitrogen functional groups attached to an aromatic ring is 1. The molecule has 4 N–H and O–H groups in total. The van der Waals surface area contributed by atoms with Crippen LogP contribution < -0.4 is 16.4 Å². The second-order valence-corrected chi connectivity index (χ2v) is 6.56. The first-order chi connectivity index (χ1) is 9.10. The summed E-state index contributed by atoms with van der Waals surface area (Å²) in [6.07, 6.45) is 0. The molecule has 0 bridgehead atoms. The topological polar surface area (TPSA) is 84.2 Å². The van der Waals surface area contributed by atoms with Crippen LogP contribution in [0, 0.1) is 6.92 Å². The summed E-state index contributed by atoms with van der Waals surface area (Å²) in [7, 11) is 0. The molecule has 0 unspecified atom stereocenters. The highest BCUT2D eigenvalue weighted by Gasteiger charge is 2.16. The summed E-state index contributed by atoms with van der Waals surface area (Å²) in [4.78, 5) is 23.7. The molecule has 0 spiro atoms. The van der Waals surface area contributed by atoms with Crippen molar-refractivity contribution in [2.24, 2.45) is 0 Å². The summed E-state index contributed by atoms with van der Waals surface area (Å²) in [5.41, 5.74) is 7.17. The van der Waals surface area contributed by atoms with Gasteiger partial charge in [-0.3, -0.25) is 9.59 Å². The average molecular weight is 342 g/mol. The van der Waals surface area contributed by atoms with Crippen molar-refractivity contribution in [1.82, 2.24) is 10.6 Å². The Morgan fingerprint density at radius 1 is 1.30 bits per heavy atom. The van der Waals surface area contributed by atoms with Crippen LogP contribution in [-0.2, 0) is 4.79 Å². The van der Waals surface area contributed by atoms with Gasteiger partial charge in [-0.1, -0.05) is 15.9 Å². The fourth-order valence-corrected chi connectivity index (χ4v) is 2.13. The van der Waals surface area contributed by atoms with Gasteiger partial charge in [-0.05, 0) is 45.4 Å². The zero-order valence-electron chi connectivity index (χ0n) is 12.1. The molecule has 20 heavy (non-hydrogen) atoms. The van der Waals surface area contributed by atoms with E-state index in [1.165, 1.54) is 0 Å². The van der Waals surface area contributed by atoms with Gasteiger partial charge in [0.05, 0.1) is 6.54 Å². The maximum Gasteiger partial charge on any atom is 0.252 e. The summed E-state index contributed by atoms with van der Waals surface area (Å²) in [6.45, 7) is 7.34. The molecule has 1 aromatic carbocycles. The van der Waals surface area contributed by atoms with Crippen molar-refractivity contribution < 1.29 is 9.59 Å². The van der Waals surface area contributed by atoms with Crippen molar-refractivity contribution in [3.63, 3.8) is 0 Å². The first-order valence-corrected chi connectivity index (χ1v) is 7.04. The lowest BCUT2D eigenvalue weighted by Crippen LogP contribution is -2.45. The summed E-state index contributed by atoms with van der Waals surface area (Å²) in [6, 6.07) is 3.42. The van der Waals surface area contributed by atoms with E-state index >= 15 is 0 Å². The standard InChI is InChI=1S/C14H20BrN3O2/c1-8-10(5-9(15)6-11(8)16)13(20)17-7-12(19)18-14(2,3)4/h5-6H,7,16H2,1-4H3,(H,17,20)(H,18,19). The Kier molecular flexibility index (Phi) is 5.16. The van der Waals surface area contributed by atoms with Gasteiger partial charge in [0.2, 0.25) is 5.91 Å². The van der Waals surface area contributed by atoms with Gasteiger partial charge >= 0.3 is 0 Å². The third-order valence-corrected chi connectivity index (χ3v) is 3.04. The minimum atomic E-state index is -0.321. The first-order valence-electron chi connectivity index (χ1n) is 6.25. The van der Waals surface area contributed by atoms with Crippen LogP contribution in [0.15, 0.2) is 16.6 Å². The Balaban J connectivity index is 2.71. The predicted molar refractivity (Wildman–Crippen MR) is 83.5 cm³/mol. The molecule has 0 aliphatic carbocycles. The summed E-state index contributed by atoms with van der Waals surface area (Å²) in [5.74, 6) is -0.550. The molecular weight excluding hydrogens is 322 g/mol. The van der Waals surface area contributed by atoms with Crippen molar-refractivity contribution in [2.45, 2.75) is 33.2 Å². The number of halogens is 1. The second kappa shape index (κ2) is 6.26. The van der Waals surface area contributed by atoms with Crippen LogP contribution in [0.25, 0.3) is 0 Å². The van der Waals surface area contributed by atoms with Crippen molar-refractivity contribution in [3.8, 4) is 0 Å². The summed E-state index contributed by atoms with van der Waals surface area (Å²) < 4.78 is 0.727. The second-order valence-electron chi connectivity index (χ2n) is 5.65. The number of rotatable bonds is 3. The van der Waals surface area contributed by atoms with Gasteiger partial charge in [-0.15, -0.1) is 0 Å². The van der Waals surface area contributed by atoms with Gasteiger partial charge in [-0.25, -0.2) is 0 Å². The average Bonchev–Trinajstić information content (AvgIpc) is 2.28. The van der Waals surface area contributed by atoms with Gasteiger partial charge in [0.1, 0.15) is 0 Å². The van der Waals surface area contributed by atoms with Crippen molar-refractivity contribution in [3.05, 3.63) is 27.7 Å². The number of carbonyl (C=O) groups is 2. The molecule has 0 saturated carbocycles. The number of benzene rings is 1. The van der Waals surface area contributed by atoms with Crippen molar-refractivity contribution in [2.75, 3.05) is 12.3 Å². The largest absolute Gasteiger partial charge is 0.398 e. The van der Waals surface area contributed by atoms with Gasteiger partial charge in [0.25, 0.3) is 5.91 Å². The van der Waals surface area contributed by atoms with Gasteiger partial charge in [0, 0.05) is 21.3 Å². The van der Waals surface area contributed by atoms with E-state index in [2.05, 4.69) is 26.6 Å². The molecule has 5 nitrogen and oxygen atoms in total. The molecule has 0 aliphatic heterocycles. The predicted octanol–water partition coefficient (Wildman–Crippen LogP) is 1.98. The minimum Gasteiger partial charge on any atom is -0.398 e. The number of anilines is 1. The lowest BCUT2D eigenvalue weighted by molar-refractivity contribution is -0.121. The fourth-order valence-electron chi connectivity index (χ4n) is 1.65. The van der Waals surface area contributed by atoms with Gasteiger partial charge < -0.3 is 16.4 Å². The highest BCUT2D eigenvalue weighted by atomic mass is 79.9. The molecule has 110 valence electrons. The molecular formula is C14H20BrN3O2. The molecule has 1 aromatic rings. The normalized spacial score (nSPS) is 11.1. The summed E-state index contributed by atoms with van der Waals surface area (Å²) >= 11 is 3.30. The van der Waals surface area contributed by atoms with Crippen LogP contribution in [0.2, 0.25) is 0 Å². The van der Waals surface area contributed by atoms with Crippen LogP contribution in [0.3, 0.4) is 0 Å². The first kappa shape index (κ1) is 16.5. The van der Waals surface area contributed by atoms with Gasteiger partial charge in [0.15, 0.2) is 0 Å². The van der Waals surface area contributed by atoms with E-state index < -0.39 is 0 Å². The molecule has 0 saturated heterocycles. The molecule has 0 atom stereocenters. The van der Waals surface area contributed by atoms with Crippen LogP contribution in [0.5, 0.6) is 0 Å². The van der Waals surface area contributed by atoms with E-state index in [9.17, 15) is 9.59 Å². The molecule has 1 rings (SSSR count). The molecule has 0 aromatic heterocycles. The zero-order chi connectivity index (χ0) is 15.5. The minimum absolute atomic E-state index is 0.0675. The number of carbonyl (C=O) groups excluding carboxylic acids is 2. The van der Waals surface area contributed by atoms with Gasteiger partial charge in [-0.2, -0.15) is 0 Å². The summed E-state index contributed by atoms with van der Waals surface area (Å²) in [5, 5.41) is 5.36. The number of nitrogens with two attached hydrogens (primary N) is 1. The Hall–Kier alpha value is -1.56. The van der Waals surface area contributed by atoms with E-state index in [0.717, 1.165) is 4.47 Å². The highest BCUT2D eigenvalue weighted by Crippen LogP contribution is 2.22. The number of amides is 2. The van der Waals surface area contributed by atoms with Crippen LogP contribution >= 0.6 is 15.9 Å². The zero-order valence-corrected chi connectivity index (χ0v) is 13.7. The lowest BCUT2D eigenvalue weighted by atomic mass is 10.1. The Morgan fingerprint density at radius 3 is 2.45 bits per heavy atom. The van der Waals surface area contributed by atoms with E-state index in [1.54, 1.807) is 19.1 Å². The van der Waals surface area contributed by atoms with Crippen LogP contribution in [-0.4, -0.2) is 23.9 Å². The SMILES string of the molecule is Cc1c(N)cc(Br)cc1C(=O)NCC(=O)NC(C)(C)C. The van der Waals surface area contributed by atoms with Crippen LogP contribution in [0.4, 0.5) is 5.69 Å². The quantitative estimate of drug-likeness (QED) is 0.735. The van der Waals surface area contributed by atoms with E-state index in [-0.39, 0.29) is 23.9 Å². The molecule has 6 heteroatoms. The van der Waals surface area contributed by atoms with Crippen LogP contribution in [0.1, 0.15) is 36.7 Å². The monoisotopic (exact) mass is 341 g/mol. The Morgan fingerprint density at radius 2 is 1.90 bits per heavy atom. The molecule has 0 aliphatic rings. The third kappa shape index (κ3) is 4.85. The molecule has 0 heterocycles. The molecule has 0 fully saturated rings.